The second-order valence-electron chi connectivity index (χ2n) is 4.14. The first-order chi connectivity index (χ1) is 9.17. The van der Waals surface area contributed by atoms with Gasteiger partial charge < -0.3 is 10.6 Å². The maximum Gasteiger partial charge on any atom is 0.175 e. The van der Waals surface area contributed by atoms with E-state index in [4.69, 9.17) is 12.2 Å². The summed E-state index contributed by atoms with van der Waals surface area (Å²) in [6.45, 7) is 2.11. The summed E-state index contributed by atoms with van der Waals surface area (Å²) in [6.07, 6.45) is 1.01. The Bertz CT molecular complexity index is 549. The van der Waals surface area contributed by atoms with Gasteiger partial charge in [0.05, 0.1) is 0 Å². The molecule has 0 atom stereocenters. The molecule has 2 aromatic carbocycles. The number of hydrogen-bond donors (Lipinski definition) is 2. The summed E-state index contributed by atoms with van der Waals surface area (Å²) >= 11 is 5.20. The van der Waals surface area contributed by atoms with Crippen molar-refractivity contribution in [1.82, 2.24) is 0 Å². The van der Waals surface area contributed by atoms with Crippen molar-refractivity contribution >= 4 is 28.7 Å². The van der Waals surface area contributed by atoms with Crippen LogP contribution in [0.4, 0.5) is 15.8 Å². The first-order valence-electron chi connectivity index (χ1n) is 6.10. The van der Waals surface area contributed by atoms with Gasteiger partial charge in [-0.3, -0.25) is 0 Å². The molecule has 0 spiro atoms. The van der Waals surface area contributed by atoms with E-state index >= 15 is 0 Å². The molecular weight excluding hydrogens is 259 g/mol. The molecule has 0 saturated carbocycles. The minimum Gasteiger partial charge on any atom is -0.332 e. The van der Waals surface area contributed by atoms with Crippen LogP contribution in [0.15, 0.2) is 48.5 Å². The van der Waals surface area contributed by atoms with Crippen LogP contribution in [0, 0.1) is 5.82 Å². The number of halogens is 1. The zero-order valence-electron chi connectivity index (χ0n) is 10.6. The molecule has 4 heteroatoms. The Balaban J connectivity index is 1.95. The second kappa shape index (κ2) is 6.29. The summed E-state index contributed by atoms with van der Waals surface area (Å²) < 4.78 is 12.8. The summed E-state index contributed by atoms with van der Waals surface area (Å²) in [5.41, 5.74) is 2.96. The SMILES string of the molecule is CCc1ccc(NC(=S)Nc2ccc(F)cc2)cc1. The Labute approximate surface area is 117 Å². The molecule has 98 valence electrons. The van der Waals surface area contributed by atoms with E-state index in [0.717, 1.165) is 17.8 Å². The van der Waals surface area contributed by atoms with Crippen molar-refractivity contribution in [1.29, 1.82) is 0 Å². The van der Waals surface area contributed by atoms with Crippen LogP contribution in [0.5, 0.6) is 0 Å². The third-order valence-electron chi connectivity index (χ3n) is 2.72. The van der Waals surface area contributed by atoms with Gasteiger partial charge in [-0.15, -0.1) is 0 Å². The predicted molar refractivity (Wildman–Crippen MR) is 82.1 cm³/mol. The minimum absolute atomic E-state index is 0.264. The summed E-state index contributed by atoms with van der Waals surface area (Å²) in [5.74, 6) is -0.264. The Morgan fingerprint density at radius 3 is 1.89 bits per heavy atom. The Morgan fingerprint density at radius 2 is 1.42 bits per heavy atom. The van der Waals surface area contributed by atoms with Gasteiger partial charge in [0.2, 0.25) is 0 Å². The largest absolute Gasteiger partial charge is 0.332 e. The normalized spacial score (nSPS) is 10.0. The number of hydrogen-bond acceptors (Lipinski definition) is 1. The quantitative estimate of drug-likeness (QED) is 0.820. The first kappa shape index (κ1) is 13.5. The van der Waals surface area contributed by atoms with Gasteiger partial charge >= 0.3 is 0 Å². The monoisotopic (exact) mass is 274 g/mol. The van der Waals surface area contributed by atoms with Crippen molar-refractivity contribution in [3.8, 4) is 0 Å². The fraction of sp³-hybridized carbons (Fsp3) is 0.133. The third-order valence-corrected chi connectivity index (χ3v) is 2.93. The van der Waals surface area contributed by atoms with Gasteiger partial charge in [0.15, 0.2) is 5.11 Å². The van der Waals surface area contributed by atoms with Crippen molar-refractivity contribution in [2.75, 3.05) is 10.6 Å². The molecule has 19 heavy (non-hydrogen) atoms. The molecule has 2 N–H and O–H groups in total. The average molecular weight is 274 g/mol. The molecule has 0 aliphatic heterocycles. The molecule has 0 radical (unpaired) electrons. The molecule has 0 aliphatic carbocycles. The van der Waals surface area contributed by atoms with Crippen molar-refractivity contribution in [2.24, 2.45) is 0 Å². The summed E-state index contributed by atoms with van der Waals surface area (Å²) in [7, 11) is 0. The number of thiocarbonyl (C=S) groups is 1. The van der Waals surface area contributed by atoms with Crippen LogP contribution < -0.4 is 10.6 Å². The number of anilines is 2. The molecule has 2 rings (SSSR count). The van der Waals surface area contributed by atoms with E-state index in [1.165, 1.54) is 17.7 Å². The molecule has 0 aromatic heterocycles. The van der Waals surface area contributed by atoms with Crippen LogP contribution in [0.3, 0.4) is 0 Å². The Kier molecular flexibility index (Phi) is 4.47. The topological polar surface area (TPSA) is 24.1 Å². The molecule has 0 saturated heterocycles. The molecular formula is C15H15FN2S. The summed E-state index contributed by atoms with van der Waals surface area (Å²) in [5, 5.41) is 6.57. The molecule has 2 nitrogen and oxygen atoms in total. The third kappa shape index (κ3) is 4.03. The molecule has 0 heterocycles. The highest BCUT2D eigenvalue weighted by Crippen LogP contribution is 2.12. The summed E-state index contributed by atoms with van der Waals surface area (Å²) in [6, 6.07) is 14.1. The van der Waals surface area contributed by atoms with Gasteiger partial charge in [0.1, 0.15) is 5.82 Å². The standard InChI is InChI=1S/C15H15FN2S/c1-2-11-3-7-13(8-4-11)17-15(19)18-14-9-5-12(16)6-10-14/h3-10H,2H2,1H3,(H2,17,18,19). The maximum atomic E-state index is 12.8. The fourth-order valence-electron chi connectivity index (χ4n) is 1.65. The highest BCUT2D eigenvalue weighted by atomic mass is 32.1. The van der Waals surface area contributed by atoms with Gasteiger partial charge in [0.25, 0.3) is 0 Å². The van der Waals surface area contributed by atoms with E-state index in [1.54, 1.807) is 12.1 Å². The molecule has 0 fully saturated rings. The summed E-state index contributed by atoms with van der Waals surface area (Å²) in [4.78, 5) is 0. The fourth-order valence-corrected chi connectivity index (χ4v) is 1.89. The van der Waals surface area contributed by atoms with E-state index in [-0.39, 0.29) is 5.82 Å². The van der Waals surface area contributed by atoms with Gasteiger partial charge in [0, 0.05) is 11.4 Å². The molecule has 2 aromatic rings. The van der Waals surface area contributed by atoms with Crippen molar-refractivity contribution in [3.63, 3.8) is 0 Å². The van der Waals surface area contributed by atoms with Crippen LogP contribution in [-0.4, -0.2) is 5.11 Å². The van der Waals surface area contributed by atoms with Crippen LogP contribution in [0.25, 0.3) is 0 Å². The van der Waals surface area contributed by atoms with Crippen LogP contribution in [0.2, 0.25) is 0 Å². The van der Waals surface area contributed by atoms with Crippen molar-refractivity contribution < 1.29 is 4.39 Å². The van der Waals surface area contributed by atoms with Crippen LogP contribution in [-0.2, 0) is 6.42 Å². The lowest BCUT2D eigenvalue weighted by molar-refractivity contribution is 0.628. The number of rotatable bonds is 3. The zero-order chi connectivity index (χ0) is 13.7. The molecule has 0 amide bonds. The van der Waals surface area contributed by atoms with Gasteiger partial charge in [-0.1, -0.05) is 19.1 Å². The van der Waals surface area contributed by atoms with Crippen molar-refractivity contribution in [3.05, 3.63) is 59.9 Å². The highest BCUT2D eigenvalue weighted by molar-refractivity contribution is 7.80. The predicted octanol–water partition coefficient (Wildman–Crippen LogP) is 4.20. The molecule has 0 aliphatic rings. The van der Waals surface area contributed by atoms with E-state index in [9.17, 15) is 4.39 Å². The number of nitrogens with one attached hydrogen (secondary N) is 2. The van der Waals surface area contributed by atoms with E-state index in [2.05, 4.69) is 29.7 Å². The van der Waals surface area contributed by atoms with Gasteiger partial charge in [-0.25, -0.2) is 4.39 Å². The lowest BCUT2D eigenvalue weighted by Gasteiger charge is -2.10. The van der Waals surface area contributed by atoms with Crippen LogP contribution >= 0.6 is 12.2 Å². The second-order valence-corrected chi connectivity index (χ2v) is 4.54. The first-order valence-corrected chi connectivity index (χ1v) is 6.50. The minimum atomic E-state index is -0.264. The lowest BCUT2D eigenvalue weighted by Crippen LogP contribution is -2.18. The Morgan fingerprint density at radius 1 is 0.947 bits per heavy atom. The van der Waals surface area contributed by atoms with Gasteiger partial charge in [-0.2, -0.15) is 0 Å². The highest BCUT2D eigenvalue weighted by Gasteiger charge is 1.99. The van der Waals surface area contributed by atoms with E-state index in [1.807, 2.05) is 12.1 Å². The maximum absolute atomic E-state index is 12.8. The van der Waals surface area contributed by atoms with E-state index in [0.29, 0.717) is 5.11 Å². The Hall–Kier alpha value is -1.94. The van der Waals surface area contributed by atoms with Crippen LogP contribution in [0.1, 0.15) is 12.5 Å². The molecule has 0 unspecified atom stereocenters. The van der Waals surface area contributed by atoms with Crippen molar-refractivity contribution in [2.45, 2.75) is 13.3 Å². The lowest BCUT2D eigenvalue weighted by atomic mass is 10.1. The number of benzene rings is 2. The molecule has 0 bridgehead atoms. The van der Waals surface area contributed by atoms with Gasteiger partial charge in [-0.05, 0) is 60.6 Å². The average Bonchev–Trinajstić information content (AvgIpc) is 2.42. The number of aryl methyl sites for hydroxylation is 1. The smallest absolute Gasteiger partial charge is 0.175 e. The van der Waals surface area contributed by atoms with E-state index < -0.39 is 0 Å². The zero-order valence-corrected chi connectivity index (χ0v) is 11.4.